The van der Waals surface area contributed by atoms with Gasteiger partial charge >= 0.3 is 0 Å². The smallest absolute Gasteiger partial charge is 0.0939 e. The molecule has 0 radical (unpaired) electrons. The summed E-state index contributed by atoms with van der Waals surface area (Å²) in [7, 11) is 0. The van der Waals surface area contributed by atoms with Crippen molar-refractivity contribution in [3.63, 3.8) is 0 Å². The maximum absolute atomic E-state index is 8.30. The molecule has 1 N–H and O–H groups in total. The van der Waals surface area contributed by atoms with Gasteiger partial charge in [0.1, 0.15) is 0 Å². The van der Waals surface area contributed by atoms with E-state index in [4.69, 9.17) is 5.26 Å². The molecule has 3 heteroatoms. The van der Waals surface area contributed by atoms with Crippen LogP contribution in [0.2, 0.25) is 0 Å². The highest BCUT2D eigenvalue weighted by Crippen LogP contribution is 2.06. The lowest BCUT2D eigenvalue weighted by molar-refractivity contribution is 0.695. The Bertz CT molecular complexity index is 155. The van der Waals surface area contributed by atoms with Crippen LogP contribution >= 0.6 is 11.8 Å². The van der Waals surface area contributed by atoms with Gasteiger partial charge in [-0.05, 0) is 20.1 Å². The Morgan fingerprint density at radius 1 is 1.70 bits per heavy atom. The van der Waals surface area contributed by atoms with Crippen LogP contribution in [0.1, 0.15) is 13.8 Å². The second-order valence-corrected chi connectivity index (χ2v) is 2.99. The van der Waals surface area contributed by atoms with Crippen LogP contribution < -0.4 is 5.32 Å². The Hall–Kier alpha value is -0.620. The zero-order chi connectivity index (χ0) is 7.98. The molecule has 0 rings (SSSR count). The average Bonchev–Trinajstić information content (AvgIpc) is 1.86. The molecule has 0 fully saturated rings. The number of nitrogens with one attached hydrogen (secondary N) is 1. The third-order valence-electron chi connectivity index (χ3n) is 0.846. The minimum Gasteiger partial charge on any atom is -0.377 e. The van der Waals surface area contributed by atoms with Crippen LogP contribution in [-0.4, -0.2) is 12.3 Å². The highest BCUT2D eigenvalue weighted by Gasteiger charge is 1.94. The van der Waals surface area contributed by atoms with Crippen molar-refractivity contribution in [1.82, 2.24) is 5.32 Å². The van der Waals surface area contributed by atoms with Gasteiger partial charge in [0.15, 0.2) is 0 Å². The van der Waals surface area contributed by atoms with E-state index in [-0.39, 0.29) is 0 Å². The molecule has 56 valence electrons. The van der Waals surface area contributed by atoms with Crippen LogP contribution in [0.5, 0.6) is 0 Å². The van der Waals surface area contributed by atoms with E-state index in [2.05, 4.69) is 5.32 Å². The molecule has 0 unspecified atom stereocenters. The maximum Gasteiger partial charge on any atom is 0.0939 e. The normalized spacial score (nSPS) is 11.3. The summed E-state index contributed by atoms with van der Waals surface area (Å²) in [4.78, 5) is 0. The standard InChI is InChI=1S/C7H12N2S/c1-6(2)9-7(10-3)4-5-8/h4,6,9H,1-3H3/b7-4-. The van der Waals surface area contributed by atoms with Gasteiger partial charge in [-0.2, -0.15) is 5.26 Å². The van der Waals surface area contributed by atoms with Crippen molar-refractivity contribution in [3.05, 3.63) is 11.1 Å². The summed E-state index contributed by atoms with van der Waals surface area (Å²) in [5, 5.41) is 12.4. The molecule has 0 amide bonds. The molecule has 0 aliphatic rings. The van der Waals surface area contributed by atoms with E-state index < -0.39 is 0 Å². The first-order valence-corrected chi connectivity index (χ1v) is 4.33. The Morgan fingerprint density at radius 3 is 2.60 bits per heavy atom. The van der Waals surface area contributed by atoms with Crippen molar-refractivity contribution in [2.45, 2.75) is 19.9 Å². The second kappa shape index (κ2) is 5.19. The van der Waals surface area contributed by atoms with Crippen LogP contribution in [0.4, 0.5) is 0 Å². The summed E-state index contributed by atoms with van der Waals surface area (Å²) in [6.07, 6.45) is 3.46. The van der Waals surface area contributed by atoms with Gasteiger partial charge in [-0.1, -0.05) is 0 Å². The van der Waals surface area contributed by atoms with E-state index in [1.54, 1.807) is 11.8 Å². The van der Waals surface area contributed by atoms with Gasteiger partial charge in [0.25, 0.3) is 0 Å². The lowest BCUT2D eigenvalue weighted by Gasteiger charge is -2.09. The van der Waals surface area contributed by atoms with Crippen molar-refractivity contribution in [1.29, 1.82) is 5.26 Å². The quantitative estimate of drug-likeness (QED) is 0.632. The molecule has 0 aromatic heterocycles. The van der Waals surface area contributed by atoms with Crippen molar-refractivity contribution in [3.8, 4) is 6.07 Å². The lowest BCUT2D eigenvalue weighted by atomic mass is 10.4. The number of hydrogen-bond acceptors (Lipinski definition) is 3. The first-order valence-electron chi connectivity index (χ1n) is 3.11. The summed E-state index contributed by atoms with van der Waals surface area (Å²) in [6.45, 7) is 4.09. The summed E-state index contributed by atoms with van der Waals surface area (Å²) >= 11 is 1.55. The third kappa shape index (κ3) is 4.28. The first-order chi connectivity index (χ1) is 4.70. The molecule has 2 nitrogen and oxygen atoms in total. The van der Waals surface area contributed by atoms with E-state index in [0.29, 0.717) is 6.04 Å². The molecule has 10 heavy (non-hydrogen) atoms. The topological polar surface area (TPSA) is 35.8 Å². The molecule has 0 aromatic rings. The van der Waals surface area contributed by atoms with Crippen molar-refractivity contribution in [2.24, 2.45) is 0 Å². The Balaban J connectivity index is 3.86. The highest BCUT2D eigenvalue weighted by molar-refractivity contribution is 8.02. The van der Waals surface area contributed by atoms with Crippen LogP contribution in [-0.2, 0) is 0 Å². The van der Waals surface area contributed by atoms with Gasteiger partial charge in [0.2, 0.25) is 0 Å². The largest absolute Gasteiger partial charge is 0.377 e. The molecule has 0 saturated carbocycles. The van der Waals surface area contributed by atoms with E-state index >= 15 is 0 Å². The number of hydrogen-bond donors (Lipinski definition) is 1. The molecule has 0 spiro atoms. The number of rotatable bonds is 3. The van der Waals surface area contributed by atoms with Crippen LogP contribution in [0.15, 0.2) is 11.1 Å². The van der Waals surface area contributed by atoms with Crippen molar-refractivity contribution >= 4 is 11.8 Å². The number of nitrogens with zero attached hydrogens (tertiary/aromatic N) is 1. The van der Waals surface area contributed by atoms with E-state index in [1.807, 2.05) is 26.2 Å². The van der Waals surface area contributed by atoms with Gasteiger partial charge in [-0.25, -0.2) is 0 Å². The predicted octanol–water partition coefficient (Wildman–Crippen LogP) is 1.71. The SMILES string of the molecule is CS/C(=C\C#N)NC(C)C. The molecule has 0 heterocycles. The lowest BCUT2D eigenvalue weighted by Crippen LogP contribution is -2.19. The molecule has 0 aliphatic heterocycles. The Kier molecular flexibility index (Phi) is 4.87. The molecule has 0 atom stereocenters. The van der Waals surface area contributed by atoms with E-state index in [1.165, 1.54) is 6.08 Å². The Morgan fingerprint density at radius 2 is 2.30 bits per heavy atom. The fourth-order valence-corrected chi connectivity index (χ4v) is 1.03. The monoisotopic (exact) mass is 156 g/mol. The molecule has 0 aliphatic carbocycles. The maximum atomic E-state index is 8.30. The van der Waals surface area contributed by atoms with Gasteiger partial charge in [0.05, 0.1) is 11.1 Å². The fraction of sp³-hybridized carbons (Fsp3) is 0.571. The number of nitriles is 1. The number of allylic oxidation sites excluding steroid dienone is 1. The zero-order valence-corrected chi connectivity index (χ0v) is 7.33. The summed E-state index contributed by atoms with van der Waals surface area (Å²) in [5.74, 6) is 0. The van der Waals surface area contributed by atoms with Gasteiger partial charge in [0, 0.05) is 12.1 Å². The Labute approximate surface area is 66.3 Å². The van der Waals surface area contributed by atoms with Crippen LogP contribution in [0, 0.1) is 11.3 Å². The summed E-state index contributed by atoms with van der Waals surface area (Å²) in [6, 6.07) is 2.37. The van der Waals surface area contributed by atoms with Crippen molar-refractivity contribution < 1.29 is 0 Å². The number of thioether (sulfide) groups is 1. The molecular weight excluding hydrogens is 144 g/mol. The zero-order valence-electron chi connectivity index (χ0n) is 6.51. The average molecular weight is 156 g/mol. The van der Waals surface area contributed by atoms with E-state index in [0.717, 1.165) is 5.03 Å². The second-order valence-electron chi connectivity index (χ2n) is 2.14. The third-order valence-corrected chi connectivity index (χ3v) is 1.52. The minimum atomic E-state index is 0.395. The first kappa shape index (κ1) is 9.38. The van der Waals surface area contributed by atoms with Crippen molar-refractivity contribution in [2.75, 3.05) is 6.26 Å². The fourth-order valence-electron chi connectivity index (χ4n) is 0.503. The summed E-state index contributed by atoms with van der Waals surface area (Å²) in [5.41, 5.74) is 0. The molecular formula is C7H12N2S. The van der Waals surface area contributed by atoms with Crippen LogP contribution in [0.25, 0.3) is 0 Å². The highest BCUT2D eigenvalue weighted by atomic mass is 32.2. The molecule has 0 saturated heterocycles. The predicted molar refractivity (Wildman–Crippen MR) is 45.5 cm³/mol. The van der Waals surface area contributed by atoms with Gasteiger partial charge < -0.3 is 5.32 Å². The van der Waals surface area contributed by atoms with Gasteiger partial charge in [-0.15, -0.1) is 11.8 Å². The van der Waals surface area contributed by atoms with E-state index in [9.17, 15) is 0 Å². The van der Waals surface area contributed by atoms with Gasteiger partial charge in [-0.3, -0.25) is 0 Å². The van der Waals surface area contributed by atoms with Crippen LogP contribution in [0.3, 0.4) is 0 Å². The summed E-state index contributed by atoms with van der Waals surface area (Å²) < 4.78 is 0. The molecule has 0 bridgehead atoms. The minimum absolute atomic E-state index is 0.395. The molecule has 0 aromatic carbocycles.